The van der Waals surface area contributed by atoms with E-state index in [4.69, 9.17) is 33.1 Å². The van der Waals surface area contributed by atoms with E-state index in [9.17, 15) is 8.42 Å². The van der Waals surface area contributed by atoms with Crippen LogP contribution in [-0.2, 0) is 10.0 Å². The zero-order valence-corrected chi connectivity index (χ0v) is 16.5. The SMILES string of the molecule is NS(=O)(=O)c1nn2cc(-c3ccccc3Oc3ccc(Cl)c(Cl)c3)nc2s1. The molecule has 138 valence electrons. The molecule has 0 radical (unpaired) electrons. The number of primary sulfonamides is 1. The minimum absolute atomic E-state index is 0.197. The van der Waals surface area contributed by atoms with Crippen LogP contribution >= 0.6 is 34.5 Å². The van der Waals surface area contributed by atoms with E-state index < -0.39 is 10.0 Å². The van der Waals surface area contributed by atoms with Gasteiger partial charge >= 0.3 is 0 Å². The van der Waals surface area contributed by atoms with Gasteiger partial charge in [0.2, 0.25) is 9.30 Å². The summed E-state index contributed by atoms with van der Waals surface area (Å²) in [5.74, 6) is 1.07. The van der Waals surface area contributed by atoms with Crippen LogP contribution in [-0.4, -0.2) is 23.0 Å². The van der Waals surface area contributed by atoms with Crippen molar-refractivity contribution in [1.29, 1.82) is 0 Å². The summed E-state index contributed by atoms with van der Waals surface area (Å²) >= 11 is 12.9. The van der Waals surface area contributed by atoms with E-state index in [2.05, 4.69) is 10.1 Å². The minimum Gasteiger partial charge on any atom is -0.457 e. The van der Waals surface area contributed by atoms with E-state index in [-0.39, 0.29) is 4.34 Å². The number of para-hydroxylation sites is 1. The van der Waals surface area contributed by atoms with Gasteiger partial charge in [-0.1, -0.05) is 46.7 Å². The van der Waals surface area contributed by atoms with E-state index in [1.165, 1.54) is 4.52 Å². The van der Waals surface area contributed by atoms with Crippen LogP contribution in [0.4, 0.5) is 0 Å². The number of aromatic nitrogens is 3. The minimum atomic E-state index is -3.87. The first-order chi connectivity index (χ1) is 12.8. The Morgan fingerprint density at radius 3 is 2.59 bits per heavy atom. The molecule has 27 heavy (non-hydrogen) atoms. The average Bonchev–Trinajstić information content (AvgIpc) is 3.17. The lowest BCUT2D eigenvalue weighted by Crippen LogP contribution is -2.12. The summed E-state index contributed by atoms with van der Waals surface area (Å²) < 4.78 is 29.9. The molecule has 0 atom stereocenters. The highest BCUT2D eigenvalue weighted by molar-refractivity contribution is 7.91. The zero-order valence-electron chi connectivity index (χ0n) is 13.3. The molecule has 0 fully saturated rings. The monoisotopic (exact) mass is 440 g/mol. The maximum atomic E-state index is 11.4. The van der Waals surface area contributed by atoms with Gasteiger partial charge in [-0.25, -0.2) is 23.1 Å². The summed E-state index contributed by atoms with van der Waals surface area (Å²) in [6, 6.07) is 12.3. The summed E-state index contributed by atoms with van der Waals surface area (Å²) in [6.07, 6.45) is 1.61. The number of benzene rings is 2. The predicted octanol–water partition coefficient (Wildman–Crippen LogP) is 4.20. The van der Waals surface area contributed by atoms with Crippen LogP contribution in [0.15, 0.2) is 53.0 Å². The molecule has 4 rings (SSSR count). The van der Waals surface area contributed by atoms with Gasteiger partial charge in [0.1, 0.15) is 11.5 Å². The summed E-state index contributed by atoms with van der Waals surface area (Å²) in [5, 5.41) is 9.87. The smallest absolute Gasteiger partial charge is 0.267 e. The Balaban J connectivity index is 1.73. The molecule has 0 unspecified atom stereocenters. The molecule has 0 spiro atoms. The first kappa shape index (κ1) is 18.2. The standard InChI is InChI=1S/C16H10Cl2N4O3S2/c17-11-6-5-9(7-12(11)18)25-14-4-2-1-3-10(14)13-8-22-15(20-13)26-16(21-22)27(19,23)24/h1-8H,(H2,19,23,24). The van der Waals surface area contributed by atoms with Gasteiger partial charge < -0.3 is 4.74 Å². The van der Waals surface area contributed by atoms with Gasteiger partial charge in [0.15, 0.2) is 0 Å². The molecular weight excluding hydrogens is 431 g/mol. The maximum absolute atomic E-state index is 11.4. The Labute approximate surface area is 168 Å². The molecule has 2 N–H and O–H groups in total. The normalized spacial score (nSPS) is 11.8. The fraction of sp³-hybridized carbons (Fsp3) is 0. The lowest BCUT2D eigenvalue weighted by Gasteiger charge is -2.10. The maximum Gasteiger partial charge on any atom is 0.267 e. The predicted molar refractivity (Wildman–Crippen MR) is 104 cm³/mol. The van der Waals surface area contributed by atoms with Gasteiger partial charge in [-0.2, -0.15) is 0 Å². The molecule has 0 amide bonds. The Morgan fingerprint density at radius 2 is 1.89 bits per heavy atom. The van der Waals surface area contributed by atoms with E-state index in [1.54, 1.807) is 30.5 Å². The largest absolute Gasteiger partial charge is 0.457 e. The molecular formula is C16H10Cl2N4O3S2. The topological polar surface area (TPSA) is 99.6 Å². The summed E-state index contributed by atoms with van der Waals surface area (Å²) in [6.45, 7) is 0. The van der Waals surface area contributed by atoms with Crippen molar-refractivity contribution in [2.75, 3.05) is 0 Å². The number of fused-ring (bicyclic) bond motifs is 1. The van der Waals surface area contributed by atoms with Gasteiger partial charge in [-0.3, -0.25) is 0 Å². The number of rotatable bonds is 4. The number of hydrogen-bond acceptors (Lipinski definition) is 6. The number of imidazole rings is 1. The molecule has 0 aliphatic carbocycles. The quantitative estimate of drug-likeness (QED) is 0.512. The van der Waals surface area contributed by atoms with Crippen LogP contribution < -0.4 is 9.88 Å². The second-order valence-electron chi connectivity index (χ2n) is 5.44. The number of sulfonamides is 1. The van der Waals surface area contributed by atoms with E-state index in [1.807, 2.05) is 18.2 Å². The van der Waals surface area contributed by atoms with Crippen molar-refractivity contribution in [3.05, 3.63) is 58.7 Å². The van der Waals surface area contributed by atoms with Crippen molar-refractivity contribution < 1.29 is 13.2 Å². The molecule has 7 nitrogen and oxygen atoms in total. The fourth-order valence-corrected chi connectivity index (χ4v) is 4.16. The van der Waals surface area contributed by atoms with Crippen LogP contribution in [0.5, 0.6) is 11.5 Å². The van der Waals surface area contributed by atoms with Gasteiger partial charge in [0.05, 0.1) is 21.9 Å². The van der Waals surface area contributed by atoms with Gasteiger partial charge in [-0.05, 0) is 24.3 Å². The molecule has 4 aromatic rings. The highest BCUT2D eigenvalue weighted by atomic mass is 35.5. The van der Waals surface area contributed by atoms with Crippen molar-refractivity contribution in [1.82, 2.24) is 14.6 Å². The molecule has 11 heteroatoms. The molecule has 0 aliphatic heterocycles. The molecule has 0 saturated heterocycles. The van der Waals surface area contributed by atoms with Crippen LogP contribution in [0.3, 0.4) is 0 Å². The van der Waals surface area contributed by atoms with Crippen LogP contribution in [0, 0.1) is 0 Å². The van der Waals surface area contributed by atoms with E-state index in [0.29, 0.717) is 37.8 Å². The number of nitrogens with two attached hydrogens (primary N) is 1. The third-order valence-corrected chi connectivity index (χ3v) is 6.52. The lowest BCUT2D eigenvalue weighted by atomic mass is 10.1. The van der Waals surface area contributed by atoms with Crippen molar-refractivity contribution in [2.24, 2.45) is 5.14 Å². The number of nitrogens with zero attached hydrogens (tertiary/aromatic N) is 3. The molecule has 0 bridgehead atoms. The van der Waals surface area contributed by atoms with Gasteiger partial charge in [0.25, 0.3) is 10.0 Å². The van der Waals surface area contributed by atoms with E-state index in [0.717, 1.165) is 11.3 Å². The Morgan fingerprint density at radius 1 is 1.11 bits per heavy atom. The van der Waals surface area contributed by atoms with Gasteiger partial charge in [-0.15, -0.1) is 5.10 Å². The summed E-state index contributed by atoms with van der Waals surface area (Å²) in [7, 11) is -3.87. The Bertz CT molecular complexity index is 1240. The third-order valence-electron chi connectivity index (χ3n) is 3.55. The zero-order chi connectivity index (χ0) is 19.2. The van der Waals surface area contributed by atoms with E-state index >= 15 is 0 Å². The van der Waals surface area contributed by atoms with Crippen molar-refractivity contribution in [3.63, 3.8) is 0 Å². The first-order valence-electron chi connectivity index (χ1n) is 7.42. The van der Waals surface area contributed by atoms with Crippen molar-refractivity contribution in [2.45, 2.75) is 4.34 Å². The van der Waals surface area contributed by atoms with Crippen molar-refractivity contribution in [3.8, 4) is 22.8 Å². The summed E-state index contributed by atoms with van der Waals surface area (Å²) in [5.41, 5.74) is 1.28. The average molecular weight is 441 g/mol. The molecule has 0 saturated carbocycles. The van der Waals surface area contributed by atoms with Crippen LogP contribution in [0.1, 0.15) is 0 Å². The fourth-order valence-electron chi connectivity index (χ4n) is 2.36. The second-order valence-corrected chi connectivity index (χ2v) is 8.95. The molecule has 0 aliphatic rings. The highest BCUT2D eigenvalue weighted by Gasteiger charge is 2.18. The number of halogens is 2. The summed E-state index contributed by atoms with van der Waals surface area (Å²) in [4.78, 5) is 4.82. The molecule has 2 aromatic heterocycles. The Kier molecular flexibility index (Phi) is 4.57. The number of hydrogen-bond donors (Lipinski definition) is 1. The van der Waals surface area contributed by atoms with Crippen LogP contribution in [0.25, 0.3) is 16.2 Å². The molecule has 2 heterocycles. The Hall–Kier alpha value is -2.17. The third kappa shape index (κ3) is 3.64. The highest BCUT2D eigenvalue weighted by Crippen LogP contribution is 2.35. The second kappa shape index (κ2) is 6.77. The number of ether oxygens (including phenoxy) is 1. The first-order valence-corrected chi connectivity index (χ1v) is 10.5. The lowest BCUT2D eigenvalue weighted by molar-refractivity contribution is 0.484. The van der Waals surface area contributed by atoms with Crippen molar-refractivity contribution >= 4 is 49.5 Å². The van der Waals surface area contributed by atoms with Crippen LogP contribution in [0.2, 0.25) is 10.0 Å². The van der Waals surface area contributed by atoms with Gasteiger partial charge in [0, 0.05) is 11.6 Å². The molecule has 2 aromatic carbocycles.